The number of nitrogens with zero attached hydrogens (tertiary/aromatic N) is 1. The second-order valence-corrected chi connectivity index (χ2v) is 10.5. The third-order valence-corrected chi connectivity index (χ3v) is 7.08. The van der Waals surface area contributed by atoms with Crippen LogP contribution in [0, 0.1) is 18.6 Å². The first-order chi connectivity index (χ1) is 19.7. The summed E-state index contributed by atoms with van der Waals surface area (Å²) in [5.41, 5.74) is 3.39. The van der Waals surface area contributed by atoms with E-state index >= 15 is 0 Å². The van der Waals surface area contributed by atoms with Crippen molar-refractivity contribution in [3.63, 3.8) is 0 Å². The third-order valence-electron chi connectivity index (χ3n) is 7.08. The monoisotopic (exact) mass is 564 g/mol. The summed E-state index contributed by atoms with van der Waals surface area (Å²) in [7, 11) is 2.17. The first kappa shape index (κ1) is 31.7. The second kappa shape index (κ2) is 15.9. The number of fused-ring (bicyclic) bond motifs is 1. The van der Waals surface area contributed by atoms with Crippen molar-refractivity contribution in [1.82, 2.24) is 15.2 Å². The van der Waals surface area contributed by atoms with Gasteiger partial charge in [-0.15, -0.1) is 0 Å². The number of H-pyrrole nitrogens is 1. The molecule has 2 amide bonds. The molecule has 6 nitrogen and oxygen atoms in total. The Bertz CT molecular complexity index is 1320. The fourth-order valence-corrected chi connectivity index (χ4v) is 4.80. The van der Waals surface area contributed by atoms with Crippen LogP contribution in [0.5, 0.6) is 0 Å². The maximum Gasteiger partial charge on any atom is 0.256 e. The molecule has 1 aromatic heterocycles. The molecule has 41 heavy (non-hydrogen) atoms. The number of carbonyl (C=O) groups is 2. The molecule has 3 aromatic rings. The Hall–Kier alpha value is -3.78. The van der Waals surface area contributed by atoms with E-state index in [0.717, 1.165) is 24.2 Å². The number of carbonyl (C=O) groups excluding carboxylic acids is 2. The number of hydrogen-bond donors (Lipinski definition) is 3. The van der Waals surface area contributed by atoms with Crippen molar-refractivity contribution in [1.29, 1.82) is 0 Å². The molecule has 0 bridgehead atoms. The van der Waals surface area contributed by atoms with E-state index in [4.69, 9.17) is 0 Å². The van der Waals surface area contributed by atoms with Crippen LogP contribution in [0.3, 0.4) is 0 Å². The zero-order chi connectivity index (χ0) is 29.8. The molecule has 2 aliphatic heterocycles. The summed E-state index contributed by atoms with van der Waals surface area (Å²) in [4.78, 5) is 28.2. The minimum absolute atomic E-state index is 0.0801. The van der Waals surface area contributed by atoms with Crippen LogP contribution in [-0.2, 0) is 9.59 Å². The van der Waals surface area contributed by atoms with E-state index in [1.165, 1.54) is 63.4 Å². The van der Waals surface area contributed by atoms with Gasteiger partial charge >= 0.3 is 0 Å². The van der Waals surface area contributed by atoms with Crippen LogP contribution in [0.25, 0.3) is 22.8 Å². The molecule has 2 aromatic carbocycles. The lowest BCUT2D eigenvalue weighted by molar-refractivity contribution is -0.119. The Morgan fingerprint density at radius 3 is 2.24 bits per heavy atom. The number of likely N-dealkylation sites (tertiary alicyclic amines) is 1. The van der Waals surface area contributed by atoms with E-state index in [1.807, 2.05) is 13.0 Å². The number of rotatable bonds is 7. The molecule has 220 valence electrons. The minimum Gasteiger partial charge on any atom is -0.361 e. The van der Waals surface area contributed by atoms with Crippen LogP contribution in [0.2, 0.25) is 0 Å². The van der Waals surface area contributed by atoms with Gasteiger partial charge in [0.1, 0.15) is 11.6 Å². The molecule has 0 atom stereocenters. The van der Waals surface area contributed by atoms with E-state index in [9.17, 15) is 18.4 Å². The minimum atomic E-state index is -0.664. The summed E-state index contributed by atoms with van der Waals surface area (Å²) in [6, 6.07) is 10.6. The normalized spacial score (nSPS) is 15.0. The van der Waals surface area contributed by atoms with Crippen LogP contribution in [0.1, 0.15) is 69.2 Å². The molecule has 1 fully saturated rings. The number of benzene rings is 2. The van der Waals surface area contributed by atoms with Gasteiger partial charge in [-0.1, -0.05) is 44.4 Å². The van der Waals surface area contributed by atoms with E-state index in [-0.39, 0.29) is 17.4 Å². The van der Waals surface area contributed by atoms with Crippen molar-refractivity contribution in [2.24, 2.45) is 0 Å². The third kappa shape index (κ3) is 9.11. The number of unbranched alkanes of at least 4 members (excludes halogenated alkanes) is 3. The highest BCUT2D eigenvalue weighted by Crippen LogP contribution is 2.41. The zero-order valence-corrected chi connectivity index (χ0v) is 24.6. The van der Waals surface area contributed by atoms with Gasteiger partial charge < -0.3 is 20.5 Å². The first-order valence-electron chi connectivity index (χ1n) is 14.4. The quantitative estimate of drug-likeness (QED) is 0.210. The van der Waals surface area contributed by atoms with E-state index < -0.39 is 11.6 Å². The van der Waals surface area contributed by atoms with Gasteiger partial charge in [-0.25, -0.2) is 8.78 Å². The Morgan fingerprint density at radius 2 is 1.68 bits per heavy atom. The summed E-state index contributed by atoms with van der Waals surface area (Å²) in [5.74, 6) is -1.55. The molecule has 0 radical (unpaired) electrons. The Labute approximate surface area is 242 Å². The predicted molar refractivity (Wildman–Crippen MR) is 163 cm³/mol. The van der Waals surface area contributed by atoms with Gasteiger partial charge in [0.25, 0.3) is 5.91 Å². The molecule has 3 heterocycles. The zero-order valence-electron chi connectivity index (χ0n) is 24.6. The molecule has 0 spiro atoms. The van der Waals surface area contributed by atoms with Crippen LogP contribution in [0.15, 0.2) is 48.7 Å². The summed E-state index contributed by atoms with van der Waals surface area (Å²) >= 11 is 0. The van der Waals surface area contributed by atoms with Crippen LogP contribution < -0.4 is 10.6 Å². The van der Waals surface area contributed by atoms with Crippen molar-refractivity contribution in [2.75, 3.05) is 32.0 Å². The van der Waals surface area contributed by atoms with Crippen LogP contribution >= 0.6 is 0 Å². The van der Waals surface area contributed by atoms with Gasteiger partial charge in [0.2, 0.25) is 5.91 Å². The number of hydrogen-bond acceptors (Lipinski definition) is 3. The second-order valence-electron chi connectivity index (χ2n) is 10.5. The Balaban J connectivity index is 0.000000238. The fourth-order valence-electron chi connectivity index (χ4n) is 4.80. The SMILES string of the molecule is CCCCCCNC(C)=O.CN1CCCC1.Cc1cc[nH]c1/C=C1\C(=O)Nc2cccc(-c3c(F)cccc3F)c21. The topological polar surface area (TPSA) is 77.2 Å². The Kier molecular flexibility index (Phi) is 12.3. The molecule has 2 aliphatic rings. The lowest BCUT2D eigenvalue weighted by Crippen LogP contribution is -2.20. The number of halogens is 2. The summed E-state index contributed by atoms with van der Waals surface area (Å²) in [6.07, 6.45) is 11.2. The van der Waals surface area contributed by atoms with Crippen LogP contribution in [-0.4, -0.2) is 48.4 Å². The molecular formula is C33H42F2N4O2. The van der Waals surface area contributed by atoms with E-state index in [2.05, 4.69) is 34.5 Å². The average molecular weight is 565 g/mol. The van der Waals surface area contributed by atoms with Crippen molar-refractivity contribution in [3.8, 4) is 11.1 Å². The van der Waals surface area contributed by atoms with Gasteiger partial charge in [0, 0.05) is 36.6 Å². The lowest BCUT2D eigenvalue weighted by atomic mass is 9.93. The molecule has 0 unspecified atom stereocenters. The summed E-state index contributed by atoms with van der Waals surface area (Å²) < 4.78 is 28.6. The predicted octanol–water partition coefficient (Wildman–Crippen LogP) is 7.18. The van der Waals surface area contributed by atoms with Crippen molar-refractivity contribution >= 4 is 29.2 Å². The first-order valence-corrected chi connectivity index (χ1v) is 14.4. The average Bonchev–Trinajstić information content (AvgIpc) is 3.66. The van der Waals surface area contributed by atoms with Crippen LogP contribution in [0.4, 0.5) is 14.5 Å². The number of amides is 2. The highest BCUT2D eigenvalue weighted by atomic mass is 19.1. The fraction of sp³-hybridized carbons (Fsp3) is 0.394. The maximum absolute atomic E-state index is 14.3. The van der Waals surface area contributed by atoms with Gasteiger partial charge in [0.05, 0.1) is 11.1 Å². The molecule has 8 heteroatoms. The smallest absolute Gasteiger partial charge is 0.256 e. The molecular weight excluding hydrogens is 522 g/mol. The molecule has 0 saturated carbocycles. The van der Waals surface area contributed by atoms with Crippen molar-refractivity contribution < 1.29 is 18.4 Å². The molecule has 3 N–H and O–H groups in total. The van der Waals surface area contributed by atoms with Gasteiger partial charge in [-0.2, -0.15) is 0 Å². The van der Waals surface area contributed by atoms with Gasteiger partial charge in [-0.05, 0) is 87.8 Å². The summed E-state index contributed by atoms with van der Waals surface area (Å²) in [6.45, 7) is 9.13. The highest BCUT2D eigenvalue weighted by molar-refractivity contribution is 6.36. The van der Waals surface area contributed by atoms with Crippen molar-refractivity contribution in [3.05, 3.63) is 77.1 Å². The van der Waals surface area contributed by atoms with E-state index in [0.29, 0.717) is 22.4 Å². The largest absolute Gasteiger partial charge is 0.361 e. The standard InChI is InChI=1S/C20H14F2N2O.C8H17NO.C5H11N/c1-11-8-9-23-17(11)10-13-18-12(4-2-7-16(18)24-20(13)25)19-14(21)5-3-6-15(19)22;1-3-4-5-6-7-9-8(2)10;1-6-4-2-3-5-6/h2-10,23H,1H3,(H,24,25);3-7H2,1-2H3,(H,9,10);2-5H2,1H3/b13-10-;;. The maximum atomic E-state index is 14.3. The van der Waals surface area contributed by atoms with E-state index in [1.54, 1.807) is 37.4 Å². The highest BCUT2D eigenvalue weighted by Gasteiger charge is 2.29. The molecule has 0 aliphatic carbocycles. The van der Waals surface area contributed by atoms with Crippen molar-refractivity contribution in [2.45, 2.75) is 59.3 Å². The lowest BCUT2D eigenvalue weighted by Gasteiger charge is -2.10. The molecule has 5 rings (SSSR count). The number of aromatic amines is 1. The number of aromatic nitrogens is 1. The van der Waals surface area contributed by atoms with Gasteiger partial charge in [0.15, 0.2) is 0 Å². The number of aryl methyl sites for hydroxylation is 1. The Morgan fingerprint density at radius 1 is 1.00 bits per heavy atom. The van der Waals surface area contributed by atoms with Gasteiger partial charge in [-0.3, -0.25) is 9.59 Å². The molecule has 1 saturated heterocycles. The summed E-state index contributed by atoms with van der Waals surface area (Å²) in [5, 5.41) is 5.53. The number of anilines is 1. The number of nitrogens with one attached hydrogen (secondary N) is 3.